The summed E-state index contributed by atoms with van der Waals surface area (Å²) in [7, 11) is 0. The first-order valence-corrected chi connectivity index (χ1v) is 8.57. The van der Waals surface area contributed by atoms with E-state index < -0.39 is 0 Å². The topological polar surface area (TPSA) is 71.3 Å². The summed E-state index contributed by atoms with van der Waals surface area (Å²) in [5.74, 6) is 1.18. The molecule has 128 valence electrons. The molecule has 3 aromatic rings. The fraction of sp³-hybridized carbons (Fsp3) is 0.316. The van der Waals surface area contributed by atoms with Crippen molar-refractivity contribution in [2.24, 2.45) is 0 Å². The number of likely N-dealkylation sites (tertiary alicyclic amines) is 1. The van der Waals surface area contributed by atoms with Crippen molar-refractivity contribution in [3.05, 3.63) is 54.7 Å². The molecule has 2 aromatic heterocycles. The van der Waals surface area contributed by atoms with Gasteiger partial charge in [0.05, 0.1) is 12.2 Å². The third-order valence-electron chi connectivity index (χ3n) is 4.61. The quantitative estimate of drug-likeness (QED) is 0.793. The lowest BCUT2D eigenvalue weighted by atomic mass is 9.97. The van der Waals surface area contributed by atoms with Crippen LogP contribution in [0, 0.1) is 0 Å². The fourth-order valence-electron chi connectivity index (χ4n) is 3.20. The number of nitrogens with zero attached hydrogens (tertiary/aromatic N) is 3. The zero-order chi connectivity index (χ0) is 17.1. The Labute approximate surface area is 145 Å². The zero-order valence-corrected chi connectivity index (χ0v) is 13.9. The summed E-state index contributed by atoms with van der Waals surface area (Å²) in [5, 5.41) is 3.12. The van der Waals surface area contributed by atoms with Crippen LogP contribution in [0.3, 0.4) is 0 Å². The number of hydrogen-bond acceptors (Lipinski definition) is 5. The van der Waals surface area contributed by atoms with Crippen LogP contribution in [0.25, 0.3) is 11.1 Å². The molecule has 1 aliphatic heterocycles. The van der Waals surface area contributed by atoms with Crippen LogP contribution in [-0.4, -0.2) is 40.4 Å². The average molecular weight is 336 g/mol. The highest BCUT2D eigenvalue weighted by atomic mass is 16.3. The van der Waals surface area contributed by atoms with Gasteiger partial charge in [0, 0.05) is 31.4 Å². The maximum atomic E-state index is 12.4. The van der Waals surface area contributed by atoms with Gasteiger partial charge in [0.2, 0.25) is 5.91 Å². The highest BCUT2D eigenvalue weighted by Gasteiger charge is 2.26. The number of fused-ring (bicyclic) bond motifs is 1. The van der Waals surface area contributed by atoms with Gasteiger partial charge in [-0.05, 0) is 37.1 Å². The van der Waals surface area contributed by atoms with Crippen molar-refractivity contribution in [3.63, 3.8) is 0 Å². The molecule has 25 heavy (non-hydrogen) atoms. The molecule has 6 nitrogen and oxygen atoms in total. The van der Waals surface area contributed by atoms with Gasteiger partial charge in [-0.15, -0.1) is 0 Å². The van der Waals surface area contributed by atoms with Crippen LogP contribution in [0.1, 0.15) is 24.7 Å². The van der Waals surface area contributed by atoms with E-state index in [9.17, 15) is 4.79 Å². The van der Waals surface area contributed by atoms with E-state index >= 15 is 0 Å². The van der Waals surface area contributed by atoms with Crippen LogP contribution in [0.5, 0.6) is 0 Å². The maximum absolute atomic E-state index is 12.4. The van der Waals surface area contributed by atoms with E-state index in [1.807, 2.05) is 41.3 Å². The second kappa shape index (κ2) is 6.93. The van der Waals surface area contributed by atoms with E-state index in [0.717, 1.165) is 48.6 Å². The summed E-state index contributed by atoms with van der Waals surface area (Å²) in [5.41, 5.74) is 2.59. The molecule has 0 atom stereocenters. The predicted molar refractivity (Wildman–Crippen MR) is 95.3 cm³/mol. The molecule has 0 saturated carbocycles. The molecule has 1 fully saturated rings. The monoisotopic (exact) mass is 336 g/mol. The number of benzene rings is 1. The Hall–Kier alpha value is -2.89. The molecule has 1 amide bonds. The third kappa shape index (κ3) is 3.47. The van der Waals surface area contributed by atoms with Gasteiger partial charge in [0.1, 0.15) is 5.52 Å². The smallest absolute Gasteiger partial charge is 0.241 e. The van der Waals surface area contributed by atoms with Crippen LogP contribution in [0.4, 0.5) is 5.69 Å². The number of aromatic nitrogens is 2. The number of pyridine rings is 1. The zero-order valence-electron chi connectivity index (χ0n) is 13.9. The number of nitrogens with one attached hydrogen (secondary N) is 1. The fourth-order valence-corrected chi connectivity index (χ4v) is 3.20. The Bertz CT molecular complexity index is 821. The summed E-state index contributed by atoms with van der Waals surface area (Å²) < 4.78 is 5.87. The van der Waals surface area contributed by atoms with Crippen LogP contribution >= 0.6 is 0 Å². The number of carbonyl (C=O) groups is 1. The van der Waals surface area contributed by atoms with Crippen LogP contribution in [0.2, 0.25) is 0 Å². The summed E-state index contributed by atoms with van der Waals surface area (Å²) >= 11 is 0. The molecule has 3 heterocycles. The second-order valence-electron chi connectivity index (χ2n) is 6.27. The van der Waals surface area contributed by atoms with Gasteiger partial charge in [-0.1, -0.05) is 12.1 Å². The molecular weight excluding hydrogens is 316 g/mol. The van der Waals surface area contributed by atoms with Crippen molar-refractivity contribution in [3.8, 4) is 0 Å². The van der Waals surface area contributed by atoms with Gasteiger partial charge in [0.25, 0.3) is 0 Å². The van der Waals surface area contributed by atoms with E-state index in [1.54, 1.807) is 12.4 Å². The van der Waals surface area contributed by atoms with Gasteiger partial charge in [-0.25, -0.2) is 4.98 Å². The minimum Gasteiger partial charge on any atom is -0.440 e. The summed E-state index contributed by atoms with van der Waals surface area (Å²) in [4.78, 5) is 22.9. The van der Waals surface area contributed by atoms with Crippen LogP contribution < -0.4 is 5.32 Å². The Morgan fingerprint density at radius 1 is 1.20 bits per heavy atom. The van der Waals surface area contributed by atoms with E-state index in [-0.39, 0.29) is 11.8 Å². The number of piperidine rings is 1. The minimum absolute atomic E-state index is 0.111. The standard InChI is InChI=1S/C19H20N4O2/c24-18(13-21-15-4-3-9-20-12-15)23-10-7-14(8-11-23)19-22-16-5-1-2-6-17(16)25-19/h1-6,9,12,14,21H,7-8,10-11,13H2. The molecular formula is C19H20N4O2. The Morgan fingerprint density at radius 2 is 2.04 bits per heavy atom. The number of para-hydroxylation sites is 2. The van der Waals surface area contributed by atoms with Crippen molar-refractivity contribution in [1.82, 2.24) is 14.9 Å². The number of oxazole rings is 1. The lowest BCUT2D eigenvalue weighted by molar-refractivity contribution is -0.130. The number of carbonyl (C=O) groups excluding carboxylic acids is 1. The summed E-state index contributed by atoms with van der Waals surface area (Å²) in [6.45, 7) is 1.76. The highest BCUT2D eigenvalue weighted by molar-refractivity contribution is 5.81. The Balaban J connectivity index is 1.32. The Kier molecular flexibility index (Phi) is 4.33. The molecule has 6 heteroatoms. The van der Waals surface area contributed by atoms with Crippen molar-refractivity contribution < 1.29 is 9.21 Å². The molecule has 4 rings (SSSR count). The SMILES string of the molecule is O=C(CNc1cccnc1)N1CCC(c2nc3ccccc3o2)CC1. The average Bonchev–Trinajstić information content (AvgIpc) is 3.11. The second-order valence-corrected chi connectivity index (χ2v) is 6.27. The third-order valence-corrected chi connectivity index (χ3v) is 4.61. The molecule has 0 bridgehead atoms. The molecule has 0 spiro atoms. The normalized spacial score (nSPS) is 15.4. The molecule has 1 N–H and O–H groups in total. The molecule has 1 saturated heterocycles. The summed E-state index contributed by atoms with van der Waals surface area (Å²) in [6, 6.07) is 11.6. The number of anilines is 1. The Morgan fingerprint density at radius 3 is 2.80 bits per heavy atom. The molecule has 0 aliphatic carbocycles. The van der Waals surface area contributed by atoms with Gasteiger partial charge in [-0.2, -0.15) is 0 Å². The molecule has 0 unspecified atom stereocenters. The van der Waals surface area contributed by atoms with Crippen LogP contribution in [-0.2, 0) is 4.79 Å². The van der Waals surface area contributed by atoms with E-state index in [1.165, 1.54) is 0 Å². The summed E-state index contributed by atoms with van der Waals surface area (Å²) in [6.07, 6.45) is 5.19. The maximum Gasteiger partial charge on any atom is 0.241 e. The largest absolute Gasteiger partial charge is 0.440 e. The minimum atomic E-state index is 0.111. The van der Waals surface area contributed by atoms with Crippen molar-refractivity contribution in [2.75, 3.05) is 25.0 Å². The lowest BCUT2D eigenvalue weighted by Gasteiger charge is -2.30. The van der Waals surface area contributed by atoms with E-state index in [2.05, 4.69) is 15.3 Å². The predicted octanol–water partition coefficient (Wildman–Crippen LogP) is 3.04. The van der Waals surface area contributed by atoms with E-state index in [0.29, 0.717) is 6.54 Å². The molecule has 1 aromatic carbocycles. The van der Waals surface area contributed by atoms with Crippen LogP contribution in [0.15, 0.2) is 53.2 Å². The highest BCUT2D eigenvalue weighted by Crippen LogP contribution is 2.29. The van der Waals surface area contributed by atoms with E-state index in [4.69, 9.17) is 4.42 Å². The van der Waals surface area contributed by atoms with Gasteiger partial charge >= 0.3 is 0 Å². The number of hydrogen-bond donors (Lipinski definition) is 1. The number of rotatable bonds is 4. The number of amides is 1. The van der Waals surface area contributed by atoms with Crippen molar-refractivity contribution in [2.45, 2.75) is 18.8 Å². The molecule has 0 radical (unpaired) electrons. The van der Waals surface area contributed by atoms with Crippen molar-refractivity contribution in [1.29, 1.82) is 0 Å². The first-order valence-electron chi connectivity index (χ1n) is 8.57. The lowest BCUT2D eigenvalue weighted by Crippen LogP contribution is -2.41. The first-order chi connectivity index (χ1) is 12.3. The van der Waals surface area contributed by atoms with Gasteiger partial charge < -0.3 is 14.6 Å². The van der Waals surface area contributed by atoms with Gasteiger partial charge in [0.15, 0.2) is 11.5 Å². The van der Waals surface area contributed by atoms with Crippen molar-refractivity contribution >= 4 is 22.7 Å². The first kappa shape index (κ1) is 15.6. The van der Waals surface area contributed by atoms with Gasteiger partial charge in [-0.3, -0.25) is 9.78 Å². The molecule has 1 aliphatic rings.